The van der Waals surface area contributed by atoms with Gasteiger partial charge in [0, 0.05) is 31.1 Å². The summed E-state index contributed by atoms with van der Waals surface area (Å²) in [5, 5.41) is 4.30. The smallest absolute Gasteiger partial charge is 0.202 e. The first-order valence-electron chi connectivity index (χ1n) is 6.35. The number of methoxy groups -OCH3 is 1. The standard InChI is InChI=1S/C12H21N3OS2/c1-9(2)10-14-11(18-15-10)13-8-12(16-3)4-6-17-7-5-12/h9H,4-8H2,1-3H3,(H,13,14,15). The minimum absolute atomic E-state index is 0.0189. The highest BCUT2D eigenvalue weighted by Gasteiger charge is 2.32. The Balaban J connectivity index is 1.92. The molecule has 6 heteroatoms. The Kier molecular flexibility index (Phi) is 4.86. The number of nitrogens with zero attached hydrogens (tertiary/aromatic N) is 2. The zero-order valence-corrected chi connectivity index (χ0v) is 12.9. The van der Waals surface area contributed by atoms with Crippen molar-refractivity contribution in [3.05, 3.63) is 5.82 Å². The van der Waals surface area contributed by atoms with Crippen molar-refractivity contribution in [2.75, 3.05) is 30.5 Å². The minimum atomic E-state index is -0.0189. The van der Waals surface area contributed by atoms with Crippen LogP contribution in [0.1, 0.15) is 38.4 Å². The summed E-state index contributed by atoms with van der Waals surface area (Å²) >= 11 is 3.45. The van der Waals surface area contributed by atoms with Gasteiger partial charge in [0.25, 0.3) is 0 Å². The first-order chi connectivity index (χ1) is 8.65. The molecule has 0 unspecified atom stereocenters. The highest BCUT2D eigenvalue weighted by atomic mass is 32.2. The zero-order chi connectivity index (χ0) is 13.0. The molecule has 1 saturated heterocycles. The van der Waals surface area contributed by atoms with E-state index in [1.165, 1.54) is 23.0 Å². The molecule has 4 nitrogen and oxygen atoms in total. The van der Waals surface area contributed by atoms with Crippen molar-refractivity contribution < 1.29 is 4.74 Å². The Hall–Kier alpha value is -0.330. The number of nitrogens with one attached hydrogen (secondary N) is 1. The molecule has 0 saturated carbocycles. The van der Waals surface area contributed by atoms with Gasteiger partial charge in [-0.2, -0.15) is 16.1 Å². The number of hydrogen-bond acceptors (Lipinski definition) is 6. The van der Waals surface area contributed by atoms with Crippen molar-refractivity contribution in [1.29, 1.82) is 0 Å². The largest absolute Gasteiger partial charge is 0.376 e. The number of hydrogen-bond donors (Lipinski definition) is 1. The van der Waals surface area contributed by atoms with E-state index < -0.39 is 0 Å². The van der Waals surface area contributed by atoms with Gasteiger partial charge in [0.1, 0.15) is 5.82 Å². The molecule has 1 aliphatic rings. The zero-order valence-electron chi connectivity index (χ0n) is 11.2. The van der Waals surface area contributed by atoms with Crippen LogP contribution in [-0.2, 0) is 4.74 Å². The second-order valence-corrected chi connectivity index (χ2v) is 6.94. The topological polar surface area (TPSA) is 47.0 Å². The fourth-order valence-corrected chi connectivity index (χ4v) is 3.91. The van der Waals surface area contributed by atoms with Crippen LogP contribution >= 0.6 is 23.3 Å². The van der Waals surface area contributed by atoms with Crippen LogP contribution in [0.25, 0.3) is 0 Å². The first-order valence-corrected chi connectivity index (χ1v) is 8.28. The lowest BCUT2D eigenvalue weighted by molar-refractivity contribution is -0.00548. The Morgan fingerprint density at radius 1 is 1.39 bits per heavy atom. The van der Waals surface area contributed by atoms with Crippen molar-refractivity contribution in [2.45, 2.75) is 38.2 Å². The average Bonchev–Trinajstić information content (AvgIpc) is 2.87. The van der Waals surface area contributed by atoms with E-state index in [4.69, 9.17) is 4.74 Å². The Morgan fingerprint density at radius 2 is 2.11 bits per heavy atom. The summed E-state index contributed by atoms with van der Waals surface area (Å²) in [5.74, 6) is 3.68. The minimum Gasteiger partial charge on any atom is -0.376 e. The maximum absolute atomic E-state index is 5.74. The molecule has 1 fully saturated rings. The molecule has 1 N–H and O–H groups in total. The second-order valence-electron chi connectivity index (χ2n) is 4.97. The molecule has 2 heterocycles. The molecule has 0 bridgehead atoms. The summed E-state index contributed by atoms with van der Waals surface area (Å²) in [6.07, 6.45) is 2.22. The molecule has 0 atom stereocenters. The van der Waals surface area contributed by atoms with E-state index in [0.29, 0.717) is 5.92 Å². The molecule has 18 heavy (non-hydrogen) atoms. The monoisotopic (exact) mass is 287 g/mol. The van der Waals surface area contributed by atoms with Gasteiger partial charge < -0.3 is 10.1 Å². The van der Waals surface area contributed by atoms with Gasteiger partial charge in [-0.1, -0.05) is 13.8 Å². The van der Waals surface area contributed by atoms with Gasteiger partial charge in [-0.25, -0.2) is 4.98 Å². The van der Waals surface area contributed by atoms with E-state index >= 15 is 0 Å². The quantitative estimate of drug-likeness (QED) is 0.902. The third-order valence-corrected chi connectivity index (χ3v) is 5.03. The van der Waals surface area contributed by atoms with Gasteiger partial charge >= 0.3 is 0 Å². The van der Waals surface area contributed by atoms with Crippen LogP contribution in [0, 0.1) is 0 Å². The second kappa shape index (κ2) is 6.21. The van der Waals surface area contributed by atoms with Crippen LogP contribution in [0.3, 0.4) is 0 Å². The molecular weight excluding hydrogens is 266 g/mol. The van der Waals surface area contributed by atoms with Crippen LogP contribution in [0.15, 0.2) is 0 Å². The molecule has 0 spiro atoms. The number of thioether (sulfide) groups is 1. The first kappa shape index (κ1) is 14.1. The van der Waals surface area contributed by atoms with Gasteiger partial charge in [-0.05, 0) is 24.3 Å². The van der Waals surface area contributed by atoms with Crippen molar-refractivity contribution in [3.8, 4) is 0 Å². The molecule has 0 radical (unpaired) electrons. The lowest BCUT2D eigenvalue weighted by atomic mass is 9.96. The van der Waals surface area contributed by atoms with Crippen LogP contribution in [0.2, 0.25) is 0 Å². The molecular formula is C12H21N3OS2. The van der Waals surface area contributed by atoms with E-state index in [0.717, 1.165) is 30.3 Å². The fourth-order valence-electron chi connectivity index (χ4n) is 1.97. The van der Waals surface area contributed by atoms with Gasteiger partial charge in [0.05, 0.1) is 5.60 Å². The average molecular weight is 287 g/mol. The summed E-state index contributed by atoms with van der Waals surface area (Å²) in [6.45, 7) is 5.05. The SMILES string of the molecule is COC1(CNc2nc(C(C)C)ns2)CCSCC1. The lowest BCUT2D eigenvalue weighted by Gasteiger charge is -2.35. The predicted octanol–water partition coefficient (Wildman–Crippen LogP) is 2.99. The number of aromatic nitrogens is 2. The number of rotatable bonds is 5. The molecule has 2 rings (SSSR count). The van der Waals surface area contributed by atoms with Gasteiger partial charge in [0.15, 0.2) is 0 Å². The van der Waals surface area contributed by atoms with Crippen molar-refractivity contribution >= 4 is 28.4 Å². The summed E-state index contributed by atoms with van der Waals surface area (Å²) in [5.41, 5.74) is -0.0189. The molecule has 102 valence electrons. The van der Waals surface area contributed by atoms with Crippen LogP contribution < -0.4 is 5.32 Å². The van der Waals surface area contributed by atoms with Crippen molar-refractivity contribution in [2.24, 2.45) is 0 Å². The van der Waals surface area contributed by atoms with E-state index in [1.54, 1.807) is 0 Å². The Bertz CT molecular complexity index is 375. The van der Waals surface area contributed by atoms with Crippen molar-refractivity contribution in [1.82, 2.24) is 9.36 Å². The Labute approximate surface area is 117 Å². The van der Waals surface area contributed by atoms with Gasteiger partial charge in [0.2, 0.25) is 5.13 Å². The van der Waals surface area contributed by atoms with Crippen LogP contribution in [0.4, 0.5) is 5.13 Å². The van der Waals surface area contributed by atoms with Gasteiger partial charge in [-0.15, -0.1) is 0 Å². The molecule has 1 aromatic rings. The molecule has 1 aromatic heterocycles. The fraction of sp³-hybridized carbons (Fsp3) is 0.833. The van der Waals surface area contributed by atoms with Crippen molar-refractivity contribution in [3.63, 3.8) is 0 Å². The summed E-state index contributed by atoms with van der Waals surface area (Å²) in [6, 6.07) is 0. The lowest BCUT2D eigenvalue weighted by Crippen LogP contribution is -2.42. The van der Waals surface area contributed by atoms with Crippen LogP contribution in [0.5, 0.6) is 0 Å². The van der Waals surface area contributed by atoms with Gasteiger partial charge in [-0.3, -0.25) is 0 Å². The molecule has 0 aliphatic carbocycles. The molecule has 1 aliphatic heterocycles. The predicted molar refractivity (Wildman–Crippen MR) is 78.8 cm³/mol. The highest BCUT2D eigenvalue weighted by Crippen LogP contribution is 2.30. The maximum Gasteiger partial charge on any atom is 0.202 e. The third-order valence-electron chi connectivity index (χ3n) is 3.36. The molecule has 0 amide bonds. The number of anilines is 1. The van der Waals surface area contributed by atoms with E-state index in [2.05, 4.69) is 28.5 Å². The third kappa shape index (κ3) is 3.36. The normalized spacial score (nSPS) is 19.1. The van der Waals surface area contributed by atoms with E-state index in [9.17, 15) is 0 Å². The van der Waals surface area contributed by atoms with E-state index in [1.807, 2.05) is 18.9 Å². The summed E-state index contributed by atoms with van der Waals surface area (Å²) < 4.78 is 10.1. The van der Waals surface area contributed by atoms with E-state index in [-0.39, 0.29) is 5.60 Å². The maximum atomic E-state index is 5.74. The summed E-state index contributed by atoms with van der Waals surface area (Å²) in [4.78, 5) is 4.50. The summed E-state index contributed by atoms with van der Waals surface area (Å²) in [7, 11) is 1.82. The van der Waals surface area contributed by atoms with Crippen LogP contribution in [-0.4, -0.2) is 40.1 Å². The Morgan fingerprint density at radius 3 is 2.67 bits per heavy atom. The highest BCUT2D eigenvalue weighted by molar-refractivity contribution is 7.99. The number of ether oxygens (including phenoxy) is 1. The molecule has 0 aromatic carbocycles.